The number of halogens is 1. The van der Waals surface area contributed by atoms with Crippen LogP contribution in [0, 0.1) is 3.57 Å². The third-order valence-electron chi connectivity index (χ3n) is 7.50. The Labute approximate surface area is 255 Å². The lowest BCUT2D eigenvalue weighted by Crippen LogP contribution is -2.56. The van der Waals surface area contributed by atoms with Gasteiger partial charge >= 0.3 is 0 Å². The monoisotopic (exact) mass is 686 g/mol. The summed E-state index contributed by atoms with van der Waals surface area (Å²) in [5, 5.41) is 23.6. The minimum absolute atomic E-state index is 0.0735. The normalized spacial score (nSPS) is 22.1. The van der Waals surface area contributed by atoms with Crippen molar-refractivity contribution in [3.05, 3.63) is 32.9 Å². The third kappa shape index (κ3) is 9.39. The number of benzene rings is 1. The fourth-order valence-electron chi connectivity index (χ4n) is 5.29. The van der Waals surface area contributed by atoms with E-state index in [9.17, 15) is 24.6 Å². The van der Waals surface area contributed by atoms with Crippen LogP contribution in [0.1, 0.15) is 75.1 Å². The van der Waals surface area contributed by atoms with E-state index < -0.39 is 24.2 Å². The van der Waals surface area contributed by atoms with Crippen molar-refractivity contribution in [1.29, 1.82) is 0 Å². The van der Waals surface area contributed by atoms with Crippen molar-refractivity contribution in [2.45, 2.75) is 89.1 Å². The number of aliphatic hydroxyl groups excluding tert-OH is 2. The largest absolute Gasteiger partial charge is 0.493 e. The number of nitrogens with zero attached hydrogens (tertiary/aromatic N) is 1. The number of hydrogen-bond donors (Lipinski definition) is 3. The molecule has 11 heteroatoms. The van der Waals surface area contributed by atoms with E-state index in [0.717, 1.165) is 44.9 Å². The summed E-state index contributed by atoms with van der Waals surface area (Å²) in [6.45, 7) is 2.96. The Morgan fingerprint density at radius 2 is 2.02 bits per heavy atom. The van der Waals surface area contributed by atoms with Gasteiger partial charge in [-0.05, 0) is 60.1 Å². The molecule has 0 radical (unpaired) electrons. The lowest BCUT2D eigenvalue weighted by Gasteiger charge is -2.41. The minimum atomic E-state index is -1.15. The van der Waals surface area contributed by atoms with Crippen molar-refractivity contribution in [3.63, 3.8) is 0 Å². The Hall–Kier alpha value is -2.22. The molecule has 0 bridgehead atoms. The zero-order valence-electron chi connectivity index (χ0n) is 24.0. The van der Waals surface area contributed by atoms with Gasteiger partial charge in [0.1, 0.15) is 18.5 Å². The van der Waals surface area contributed by atoms with Gasteiger partial charge in [0, 0.05) is 43.7 Å². The molecule has 4 atom stereocenters. The summed E-state index contributed by atoms with van der Waals surface area (Å²) in [6, 6.07) is 2.45. The lowest BCUT2D eigenvalue weighted by atomic mass is 9.87. The molecule has 228 valence electrons. The van der Waals surface area contributed by atoms with E-state index in [4.69, 9.17) is 14.2 Å². The van der Waals surface area contributed by atoms with Gasteiger partial charge < -0.3 is 34.6 Å². The van der Waals surface area contributed by atoms with Gasteiger partial charge in [0.15, 0.2) is 11.5 Å². The van der Waals surface area contributed by atoms with Crippen LogP contribution in [-0.4, -0.2) is 91.0 Å². The van der Waals surface area contributed by atoms with Crippen LogP contribution < -0.4 is 14.8 Å². The summed E-state index contributed by atoms with van der Waals surface area (Å²) in [5.74, 6) is 0.154. The number of hydrogen-bond acceptors (Lipinski definition) is 8. The zero-order chi connectivity index (χ0) is 29.8. The Morgan fingerprint density at radius 1 is 1.24 bits per heavy atom. The van der Waals surface area contributed by atoms with Crippen molar-refractivity contribution in [2.24, 2.45) is 0 Å². The highest BCUT2D eigenvalue weighted by atomic mass is 127. The maximum atomic E-state index is 13.7. The fourth-order valence-corrected chi connectivity index (χ4v) is 6.04. The van der Waals surface area contributed by atoms with E-state index in [1.165, 1.54) is 7.11 Å². The van der Waals surface area contributed by atoms with Gasteiger partial charge in [-0.2, -0.15) is 0 Å². The van der Waals surface area contributed by atoms with Crippen LogP contribution in [0.15, 0.2) is 23.8 Å². The zero-order valence-corrected chi connectivity index (χ0v) is 26.1. The van der Waals surface area contributed by atoms with E-state index in [1.807, 2.05) is 22.6 Å². The first-order valence-electron chi connectivity index (χ1n) is 14.5. The summed E-state index contributed by atoms with van der Waals surface area (Å²) in [6.07, 6.45) is 7.22. The second-order valence-corrected chi connectivity index (χ2v) is 11.7. The molecule has 1 aliphatic heterocycles. The van der Waals surface area contributed by atoms with Crippen molar-refractivity contribution >= 4 is 40.7 Å². The third-order valence-corrected chi connectivity index (χ3v) is 8.30. The summed E-state index contributed by atoms with van der Waals surface area (Å²) in [4.78, 5) is 39.8. The number of aldehydes is 1. The molecule has 1 aromatic carbocycles. The molecule has 2 aliphatic rings. The van der Waals surface area contributed by atoms with E-state index in [2.05, 4.69) is 12.2 Å². The Balaban J connectivity index is 1.93. The average Bonchev–Trinajstić information content (AvgIpc) is 3.49. The number of carbonyl (C=O) groups is 3. The number of ether oxygens (including phenoxy) is 3. The molecule has 1 saturated heterocycles. The van der Waals surface area contributed by atoms with Gasteiger partial charge in [0.05, 0.1) is 29.4 Å². The standard InChI is InChI=1S/C30H43IN2O8/c1-3-4-5-6-7-10-27(36)33(18-22-9-8-13-40-22)24-16-21(30(38)32-11-12-34)17-25(28(24)37)41-29-23(31)14-20(19-35)15-26(29)39-2/h14-15,17,19,22,24-25,28,34,37H,3-13,16,18H2,1-2H3,(H,32,38)/t22-,24+,25-,28-/m0/s1. The maximum absolute atomic E-state index is 13.7. The number of amides is 2. The number of rotatable bonds is 16. The van der Waals surface area contributed by atoms with Crippen LogP contribution in [0.25, 0.3) is 0 Å². The first-order chi connectivity index (χ1) is 19.8. The van der Waals surface area contributed by atoms with Crippen molar-refractivity contribution < 1.29 is 38.8 Å². The SMILES string of the molecule is CCCCCCCC(=O)N(C[C@@H]1CCCO1)[C@@H]1CC(C(=O)NCCO)=C[C@H](Oc2c(I)cc(C=O)cc2OC)[C@H]1O. The predicted molar refractivity (Wildman–Crippen MR) is 162 cm³/mol. The fraction of sp³-hybridized carbons (Fsp3) is 0.633. The molecule has 1 heterocycles. The molecule has 10 nitrogen and oxygen atoms in total. The second kappa shape index (κ2) is 17.0. The Bertz CT molecular complexity index is 1060. The Morgan fingerprint density at radius 3 is 2.68 bits per heavy atom. The van der Waals surface area contributed by atoms with Gasteiger partial charge in [0.2, 0.25) is 11.8 Å². The van der Waals surface area contributed by atoms with E-state index in [1.54, 1.807) is 23.1 Å². The summed E-state index contributed by atoms with van der Waals surface area (Å²) < 4.78 is 18.2. The molecule has 1 aromatic rings. The summed E-state index contributed by atoms with van der Waals surface area (Å²) >= 11 is 2.03. The van der Waals surface area contributed by atoms with Crippen molar-refractivity contribution in [3.8, 4) is 11.5 Å². The molecule has 1 aliphatic carbocycles. The molecule has 41 heavy (non-hydrogen) atoms. The number of aliphatic hydroxyl groups is 2. The molecule has 3 rings (SSSR count). The first-order valence-corrected chi connectivity index (χ1v) is 15.6. The maximum Gasteiger partial charge on any atom is 0.247 e. The highest BCUT2D eigenvalue weighted by Gasteiger charge is 2.41. The number of methoxy groups -OCH3 is 1. The topological polar surface area (TPSA) is 135 Å². The van der Waals surface area contributed by atoms with Crippen LogP contribution in [-0.2, 0) is 14.3 Å². The van der Waals surface area contributed by atoms with E-state index in [-0.39, 0.29) is 31.6 Å². The number of carbonyl (C=O) groups excluding carboxylic acids is 3. The summed E-state index contributed by atoms with van der Waals surface area (Å²) in [7, 11) is 1.46. The minimum Gasteiger partial charge on any atom is -0.493 e. The predicted octanol–water partition coefficient (Wildman–Crippen LogP) is 3.40. The van der Waals surface area contributed by atoms with Gasteiger partial charge in [-0.1, -0.05) is 32.6 Å². The Kier molecular flexibility index (Phi) is 13.8. The van der Waals surface area contributed by atoms with Crippen LogP contribution in [0.2, 0.25) is 0 Å². The molecule has 1 fully saturated rings. The second-order valence-electron chi connectivity index (χ2n) is 10.5. The number of unbranched alkanes of at least 4 members (excludes halogenated alkanes) is 4. The van der Waals surface area contributed by atoms with Crippen LogP contribution in [0.3, 0.4) is 0 Å². The van der Waals surface area contributed by atoms with Gasteiger partial charge in [-0.3, -0.25) is 14.4 Å². The number of nitrogens with one attached hydrogen (secondary N) is 1. The summed E-state index contributed by atoms with van der Waals surface area (Å²) in [5.41, 5.74) is 0.762. The molecule has 2 amide bonds. The molecule has 0 unspecified atom stereocenters. The smallest absolute Gasteiger partial charge is 0.247 e. The highest BCUT2D eigenvalue weighted by molar-refractivity contribution is 14.1. The van der Waals surface area contributed by atoms with Crippen molar-refractivity contribution in [1.82, 2.24) is 10.2 Å². The van der Waals surface area contributed by atoms with Crippen LogP contribution in [0.5, 0.6) is 11.5 Å². The van der Waals surface area contributed by atoms with Crippen LogP contribution >= 0.6 is 22.6 Å². The van der Waals surface area contributed by atoms with Gasteiger partial charge in [-0.25, -0.2) is 0 Å². The highest BCUT2D eigenvalue weighted by Crippen LogP contribution is 2.37. The molecular formula is C30H43IN2O8. The average molecular weight is 687 g/mol. The van der Waals surface area contributed by atoms with Gasteiger partial charge in [0.25, 0.3) is 0 Å². The van der Waals surface area contributed by atoms with E-state index in [0.29, 0.717) is 52.1 Å². The molecule has 3 N–H and O–H groups in total. The molecular weight excluding hydrogens is 643 g/mol. The quantitative estimate of drug-likeness (QED) is 0.137. The van der Waals surface area contributed by atoms with Gasteiger partial charge in [-0.15, -0.1) is 0 Å². The first kappa shape index (κ1) is 33.3. The molecule has 0 saturated carbocycles. The van der Waals surface area contributed by atoms with Crippen molar-refractivity contribution in [2.75, 3.05) is 33.4 Å². The molecule has 0 spiro atoms. The lowest BCUT2D eigenvalue weighted by molar-refractivity contribution is -0.141. The van der Waals surface area contributed by atoms with Crippen LogP contribution in [0.4, 0.5) is 0 Å². The molecule has 0 aromatic heterocycles. The van der Waals surface area contributed by atoms with E-state index >= 15 is 0 Å².